The van der Waals surface area contributed by atoms with Crippen molar-refractivity contribution in [3.63, 3.8) is 0 Å². The predicted molar refractivity (Wildman–Crippen MR) is 80.0 cm³/mol. The van der Waals surface area contributed by atoms with E-state index in [2.05, 4.69) is 5.32 Å². The molecule has 0 fully saturated rings. The average Bonchev–Trinajstić information content (AvgIpc) is 2.45. The molecular formula is C16H22N2O3. The topological polar surface area (TPSA) is 69.6 Å². The lowest BCUT2D eigenvalue weighted by Crippen LogP contribution is -2.55. The van der Waals surface area contributed by atoms with E-state index < -0.39 is 17.4 Å². The zero-order chi connectivity index (χ0) is 15.6. The summed E-state index contributed by atoms with van der Waals surface area (Å²) in [7, 11) is 0. The van der Waals surface area contributed by atoms with Gasteiger partial charge in [-0.2, -0.15) is 0 Å². The minimum Gasteiger partial charge on any atom is -0.481 e. The Morgan fingerprint density at radius 1 is 1.38 bits per heavy atom. The normalized spacial score (nSPS) is 18.2. The number of aliphatic carboxylic acids is 1. The molecule has 21 heavy (non-hydrogen) atoms. The number of rotatable bonds is 4. The van der Waals surface area contributed by atoms with Crippen LogP contribution in [0.15, 0.2) is 24.3 Å². The van der Waals surface area contributed by atoms with Crippen LogP contribution in [0.5, 0.6) is 0 Å². The smallest absolute Gasteiger partial charge is 0.312 e. The largest absolute Gasteiger partial charge is 0.481 e. The van der Waals surface area contributed by atoms with Gasteiger partial charge in [0.1, 0.15) is 0 Å². The van der Waals surface area contributed by atoms with Crippen LogP contribution in [0.3, 0.4) is 0 Å². The van der Waals surface area contributed by atoms with Crippen molar-refractivity contribution >= 4 is 11.9 Å². The van der Waals surface area contributed by atoms with E-state index in [-0.39, 0.29) is 12.5 Å². The molecule has 0 saturated carbocycles. The highest BCUT2D eigenvalue weighted by atomic mass is 16.4. The molecule has 1 aromatic rings. The molecule has 1 heterocycles. The SMILES string of the molecule is CCNC(C)(C)C(=O)N1Cc2ccccc2C(C(=O)O)C1. The molecular weight excluding hydrogens is 268 g/mol. The zero-order valence-corrected chi connectivity index (χ0v) is 12.7. The molecule has 1 aliphatic rings. The van der Waals surface area contributed by atoms with Crippen LogP contribution >= 0.6 is 0 Å². The second-order valence-electron chi connectivity index (χ2n) is 5.93. The summed E-state index contributed by atoms with van der Waals surface area (Å²) < 4.78 is 0. The molecule has 0 aromatic heterocycles. The number of benzene rings is 1. The van der Waals surface area contributed by atoms with E-state index >= 15 is 0 Å². The van der Waals surface area contributed by atoms with Gasteiger partial charge in [-0.15, -0.1) is 0 Å². The molecule has 0 bridgehead atoms. The van der Waals surface area contributed by atoms with Crippen LogP contribution in [0.2, 0.25) is 0 Å². The van der Waals surface area contributed by atoms with E-state index in [9.17, 15) is 14.7 Å². The van der Waals surface area contributed by atoms with Crippen molar-refractivity contribution in [1.29, 1.82) is 0 Å². The molecule has 0 spiro atoms. The molecule has 5 heteroatoms. The van der Waals surface area contributed by atoms with Crippen LogP contribution < -0.4 is 5.32 Å². The first-order chi connectivity index (χ1) is 9.86. The monoisotopic (exact) mass is 290 g/mol. The Morgan fingerprint density at radius 3 is 2.67 bits per heavy atom. The van der Waals surface area contributed by atoms with Crippen LogP contribution in [0.25, 0.3) is 0 Å². The van der Waals surface area contributed by atoms with Gasteiger partial charge in [-0.1, -0.05) is 31.2 Å². The third kappa shape index (κ3) is 3.08. The van der Waals surface area contributed by atoms with Crippen molar-refractivity contribution in [1.82, 2.24) is 10.2 Å². The summed E-state index contributed by atoms with van der Waals surface area (Å²) in [4.78, 5) is 25.8. The van der Waals surface area contributed by atoms with E-state index in [1.54, 1.807) is 4.90 Å². The van der Waals surface area contributed by atoms with E-state index in [1.807, 2.05) is 45.0 Å². The molecule has 1 atom stereocenters. The standard InChI is InChI=1S/C16H22N2O3/c1-4-17-16(2,3)15(21)18-9-11-7-5-6-8-12(11)13(10-18)14(19)20/h5-8,13,17H,4,9-10H2,1-3H3,(H,19,20). The van der Waals surface area contributed by atoms with Crippen molar-refractivity contribution in [2.45, 2.75) is 38.8 Å². The third-order valence-corrected chi connectivity index (χ3v) is 3.93. The lowest BCUT2D eigenvalue weighted by molar-refractivity contribution is -0.143. The van der Waals surface area contributed by atoms with Crippen LogP contribution in [-0.4, -0.2) is 40.5 Å². The molecule has 2 N–H and O–H groups in total. The summed E-state index contributed by atoms with van der Waals surface area (Å²) in [6, 6.07) is 7.45. The van der Waals surface area contributed by atoms with Gasteiger partial charge in [-0.3, -0.25) is 9.59 Å². The van der Waals surface area contributed by atoms with Gasteiger partial charge in [0.15, 0.2) is 0 Å². The van der Waals surface area contributed by atoms with E-state index in [1.165, 1.54) is 0 Å². The van der Waals surface area contributed by atoms with Gasteiger partial charge in [0.2, 0.25) is 5.91 Å². The van der Waals surface area contributed by atoms with E-state index in [0.717, 1.165) is 11.1 Å². The first-order valence-electron chi connectivity index (χ1n) is 7.22. The van der Waals surface area contributed by atoms with Gasteiger partial charge in [-0.25, -0.2) is 0 Å². The Bertz CT molecular complexity index is 554. The number of hydrogen-bond donors (Lipinski definition) is 2. The van der Waals surface area contributed by atoms with Gasteiger partial charge in [0.05, 0.1) is 11.5 Å². The lowest BCUT2D eigenvalue weighted by Gasteiger charge is -2.37. The number of fused-ring (bicyclic) bond motifs is 1. The zero-order valence-electron chi connectivity index (χ0n) is 12.7. The Kier molecular flexibility index (Phi) is 4.32. The summed E-state index contributed by atoms with van der Waals surface area (Å²) in [5.74, 6) is -1.61. The summed E-state index contributed by atoms with van der Waals surface area (Å²) in [6.45, 7) is 6.98. The lowest BCUT2D eigenvalue weighted by atomic mass is 9.88. The first kappa shape index (κ1) is 15.5. The number of nitrogens with zero attached hydrogens (tertiary/aromatic N) is 1. The fourth-order valence-corrected chi connectivity index (χ4v) is 2.89. The van der Waals surface area contributed by atoms with Crippen molar-refractivity contribution in [3.8, 4) is 0 Å². The molecule has 0 radical (unpaired) electrons. The van der Waals surface area contributed by atoms with Gasteiger partial charge in [-0.05, 0) is 31.5 Å². The fraction of sp³-hybridized carbons (Fsp3) is 0.500. The Hall–Kier alpha value is -1.88. The van der Waals surface area contributed by atoms with Crippen LogP contribution in [0.4, 0.5) is 0 Å². The molecule has 0 saturated heterocycles. The summed E-state index contributed by atoms with van der Waals surface area (Å²) >= 11 is 0. The van der Waals surface area contributed by atoms with E-state index in [4.69, 9.17) is 0 Å². The van der Waals surface area contributed by atoms with Crippen molar-refractivity contribution < 1.29 is 14.7 Å². The maximum absolute atomic E-state index is 12.7. The molecule has 1 amide bonds. The second-order valence-corrected chi connectivity index (χ2v) is 5.93. The number of likely N-dealkylation sites (N-methyl/N-ethyl adjacent to an activating group) is 1. The van der Waals surface area contributed by atoms with E-state index in [0.29, 0.717) is 13.1 Å². The number of amides is 1. The first-order valence-corrected chi connectivity index (χ1v) is 7.22. The number of carbonyl (C=O) groups is 2. The van der Waals surface area contributed by atoms with Crippen molar-refractivity contribution in [2.24, 2.45) is 0 Å². The minimum absolute atomic E-state index is 0.0647. The molecule has 1 aromatic carbocycles. The molecule has 2 rings (SSSR count). The van der Waals surface area contributed by atoms with Crippen LogP contribution in [-0.2, 0) is 16.1 Å². The number of carboxylic acids is 1. The maximum atomic E-state index is 12.7. The average molecular weight is 290 g/mol. The highest BCUT2D eigenvalue weighted by Gasteiger charge is 2.37. The predicted octanol–water partition coefficient (Wildman–Crippen LogP) is 1.59. The Labute approximate surface area is 125 Å². The second kappa shape index (κ2) is 5.85. The summed E-state index contributed by atoms with van der Waals surface area (Å²) in [5.41, 5.74) is 1.04. The summed E-state index contributed by atoms with van der Waals surface area (Å²) in [6.07, 6.45) is 0. The number of nitrogens with one attached hydrogen (secondary N) is 1. The van der Waals surface area contributed by atoms with Crippen molar-refractivity contribution in [2.75, 3.05) is 13.1 Å². The Balaban J connectivity index is 2.30. The summed E-state index contributed by atoms with van der Waals surface area (Å²) in [5, 5.41) is 12.6. The Morgan fingerprint density at radius 2 is 2.05 bits per heavy atom. The van der Waals surface area contributed by atoms with Gasteiger partial charge in [0.25, 0.3) is 0 Å². The van der Waals surface area contributed by atoms with Crippen LogP contribution in [0.1, 0.15) is 37.8 Å². The molecule has 0 aliphatic carbocycles. The highest BCUT2D eigenvalue weighted by Crippen LogP contribution is 2.29. The van der Waals surface area contributed by atoms with Crippen molar-refractivity contribution in [3.05, 3.63) is 35.4 Å². The molecule has 1 unspecified atom stereocenters. The maximum Gasteiger partial charge on any atom is 0.312 e. The molecule has 1 aliphatic heterocycles. The third-order valence-electron chi connectivity index (χ3n) is 3.93. The number of hydrogen-bond acceptors (Lipinski definition) is 3. The number of carbonyl (C=O) groups excluding carboxylic acids is 1. The van der Waals surface area contributed by atoms with Gasteiger partial charge >= 0.3 is 5.97 Å². The van der Waals surface area contributed by atoms with Gasteiger partial charge in [0, 0.05) is 13.1 Å². The quantitative estimate of drug-likeness (QED) is 0.883. The molecule has 114 valence electrons. The highest BCUT2D eigenvalue weighted by molar-refractivity contribution is 5.87. The molecule has 5 nitrogen and oxygen atoms in total. The fourth-order valence-electron chi connectivity index (χ4n) is 2.89. The van der Waals surface area contributed by atoms with Gasteiger partial charge < -0.3 is 15.3 Å². The van der Waals surface area contributed by atoms with Crippen LogP contribution in [0, 0.1) is 0 Å². The minimum atomic E-state index is -0.888. The number of carboxylic acid groups (broad SMARTS) is 1.